The van der Waals surface area contributed by atoms with E-state index in [-0.39, 0.29) is 30.5 Å². The minimum absolute atomic E-state index is 0.205. The van der Waals surface area contributed by atoms with Crippen molar-refractivity contribution in [3.8, 4) is 6.07 Å². The number of carbonyl (C=O) groups is 1. The molecule has 1 aliphatic heterocycles. The number of nitriles is 1. The Morgan fingerprint density at radius 3 is 2.67 bits per heavy atom. The van der Waals surface area contributed by atoms with Crippen LogP contribution in [-0.4, -0.2) is 40.3 Å². The predicted molar refractivity (Wildman–Crippen MR) is 117 cm³/mol. The lowest BCUT2D eigenvalue weighted by atomic mass is 9.88. The fourth-order valence-corrected chi connectivity index (χ4v) is 4.63. The molecule has 0 spiro atoms. The molecular weight excluding hydrogens is 445 g/mol. The molecule has 0 bridgehead atoms. The summed E-state index contributed by atoms with van der Waals surface area (Å²) in [6.07, 6.45) is -1.21. The molecule has 1 saturated heterocycles. The summed E-state index contributed by atoms with van der Waals surface area (Å²) in [4.78, 5) is 17.7. The predicted octanol–water partition coefficient (Wildman–Crippen LogP) is 5.65. The highest BCUT2D eigenvalue weighted by Gasteiger charge is 2.40. The maximum Gasteiger partial charge on any atom is 0.407 e. The Bertz CT molecular complexity index is 967. The largest absolute Gasteiger partial charge is 0.465 e. The van der Waals surface area contributed by atoms with Crippen molar-refractivity contribution in [2.45, 2.75) is 39.4 Å². The van der Waals surface area contributed by atoms with Crippen LogP contribution in [-0.2, 0) is 11.2 Å². The summed E-state index contributed by atoms with van der Waals surface area (Å²) in [5.74, 6) is -0.205. The van der Waals surface area contributed by atoms with E-state index in [4.69, 9.17) is 33.2 Å². The maximum atomic E-state index is 11.9. The fraction of sp³-hybridized carbons (Fsp3) is 0.476. The van der Waals surface area contributed by atoms with Crippen LogP contribution in [0.15, 0.2) is 23.6 Å². The van der Waals surface area contributed by atoms with Gasteiger partial charge in [0.25, 0.3) is 0 Å². The number of hydrogen-bond donors (Lipinski definition) is 1. The minimum atomic E-state index is -0.982. The van der Waals surface area contributed by atoms with Crippen molar-refractivity contribution in [1.29, 1.82) is 5.26 Å². The number of carboxylic acid groups (broad SMARTS) is 1. The second-order valence-corrected chi connectivity index (χ2v) is 10.2. The highest BCUT2D eigenvalue weighted by molar-refractivity contribution is 7.09. The third-order valence-corrected chi connectivity index (χ3v) is 6.80. The Labute approximate surface area is 190 Å². The van der Waals surface area contributed by atoms with E-state index in [0.29, 0.717) is 22.2 Å². The fourth-order valence-electron chi connectivity index (χ4n) is 3.51. The van der Waals surface area contributed by atoms with Crippen molar-refractivity contribution in [3.05, 3.63) is 49.9 Å². The lowest BCUT2D eigenvalue weighted by Gasteiger charge is -2.34. The molecule has 9 heteroatoms. The van der Waals surface area contributed by atoms with Gasteiger partial charge in [-0.1, -0.05) is 50.0 Å². The third-order valence-electron chi connectivity index (χ3n) is 5.19. The SMILES string of the molecule is CC(C)(C)C1CN(C(=O)O)C[C@@H](Cc2nc(C#N)cs2)[C@H](c2ccc(Cl)c(Cl)c2)O1. The summed E-state index contributed by atoms with van der Waals surface area (Å²) in [7, 11) is 0. The molecular formula is C21H23Cl2N3O3S. The van der Waals surface area contributed by atoms with Gasteiger partial charge in [-0.3, -0.25) is 0 Å². The molecule has 1 amide bonds. The Morgan fingerprint density at radius 1 is 1.37 bits per heavy atom. The molecule has 1 N–H and O–H groups in total. The maximum absolute atomic E-state index is 11.9. The number of thiazole rings is 1. The molecule has 3 atom stereocenters. The quantitative estimate of drug-likeness (QED) is 0.630. The highest BCUT2D eigenvalue weighted by Crippen LogP contribution is 2.39. The molecule has 1 aromatic heterocycles. The van der Waals surface area contributed by atoms with Crippen LogP contribution >= 0.6 is 34.5 Å². The molecule has 0 saturated carbocycles. The number of rotatable bonds is 3. The number of aromatic nitrogens is 1. The van der Waals surface area contributed by atoms with Crippen LogP contribution in [0.1, 0.15) is 43.1 Å². The average Bonchev–Trinajstić information content (AvgIpc) is 3.02. The second kappa shape index (κ2) is 9.11. The number of ether oxygens (including phenoxy) is 1. The van der Waals surface area contributed by atoms with Crippen molar-refractivity contribution in [3.63, 3.8) is 0 Å². The number of benzene rings is 1. The van der Waals surface area contributed by atoms with Gasteiger partial charge in [0.2, 0.25) is 0 Å². The van der Waals surface area contributed by atoms with Gasteiger partial charge in [-0.05, 0) is 23.1 Å². The molecule has 1 aromatic carbocycles. The summed E-state index contributed by atoms with van der Waals surface area (Å²) >= 11 is 13.8. The number of amides is 1. The normalized spacial score (nSPS) is 22.4. The van der Waals surface area contributed by atoms with Crippen LogP contribution in [0.5, 0.6) is 0 Å². The molecule has 6 nitrogen and oxygen atoms in total. The van der Waals surface area contributed by atoms with Crippen molar-refractivity contribution >= 4 is 40.6 Å². The van der Waals surface area contributed by atoms with E-state index in [1.54, 1.807) is 17.5 Å². The standard InChI is InChI=1S/C21H23Cl2N3O3S/c1-21(2,3)17-10-26(20(27)28)9-13(7-18-25-14(8-24)11-30-18)19(29-17)12-4-5-15(22)16(23)6-12/h4-6,11,13,17,19H,7,9-10H2,1-3H3,(H,27,28)/t13-,17?,19+/m1/s1. The van der Waals surface area contributed by atoms with Crippen LogP contribution in [0, 0.1) is 22.7 Å². The third kappa shape index (κ3) is 5.25. The van der Waals surface area contributed by atoms with Crippen LogP contribution < -0.4 is 0 Å². The molecule has 1 fully saturated rings. The van der Waals surface area contributed by atoms with Crippen LogP contribution in [0.2, 0.25) is 10.0 Å². The molecule has 3 rings (SSSR count). The zero-order valence-corrected chi connectivity index (χ0v) is 19.3. The van der Waals surface area contributed by atoms with Crippen LogP contribution in [0.4, 0.5) is 4.79 Å². The Kier molecular flexibility index (Phi) is 6.93. The van der Waals surface area contributed by atoms with Gasteiger partial charge in [-0.15, -0.1) is 11.3 Å². The zero-order valence-electron chi connectivity index (χ0n) is 16.9. The van der Waals surface area contributed by atoms with E-state index >= 15 is 0 Å². The number of hydrogen-bond acceptors (Lipinski definition) is 5. The molecule has 160 valence electrons. The van der Waals surface area contributed by atoms with E-state index in [2.05, 4.69) is 4.98 Å². The van der Waals surface area contributed by atoms with Gasteiger partial charge >= 0.3 is 6.09 Å². The molecule has 2 aromatic rings. The van der Waals surface area contributed by atoms with E-state index < -0.39 is 12.2 Å². The van der Waals surface area contributed by atoms with Crippen LogP contribution in [0.3, 0.4) is 0 Å². The van der Waals surface area contributed by atoms with Crippen molar-refractivity contribution in [1.82, 2.24) is 9.88 Å². The lowest BCUT2D eigenvalue weighted by Crippen LogP contribution is -2.42. The second-order valence-electron chi connectivity index (χ2n) is 8.47. The van der Waals surface area contributed by atoms with Gasteiger partial charge in [-0.2, -0.15) is 5.26 Å². The van der Waals surface area contributed by atoms with E-state index in [9.17, 15) is 9.90 Å². The van der Waals surface area contributed by atoms with E-state index in [0.717, 1.165) is 10.6 Å². The zero-order chi connectivity index (χ0) is 22.1. The van der Waals surface area contributed by atoms with Gasteiger partial charge in [0.05, 0.1) is 33.8 Å². The minimum Gasteiger partial charge on any atom is -0.465 e. The Hall–Kier alpha value is -1.85. The Balaban J connectivity index is 2.03. The number of nitrogens with zero attached hydrogens (tertiary/aromatic N) is 3. The summed E-state index contributed by atoms with van der Waals surface area (Å²) in [5, 5.41) is 22.2. The van der Waals surface area contributed by atoms with Gasteiger partial charge in [0.1, 0.15) is 6.07 Å². The first-order valence-corrected chi connectivity index (χ1v) is 11.1. The van der Waals surface area contributed by atoms with Gasteiger partial charge in [-0.25, -0.2) is 9.78 Å². The first kappa shape index (κ1) is 22.8. The highest BCUT2D eigenvalue weighted by atomic mass is 35.5. The first-order chi connectivity index (χ1) is 14.1. The van der Waals surface area contributed by atoms with E-state index in [1.165, 1.54) is 16.2 Å². The van der Waals surface area contributed by atoms with Gasteiger partial charge in [0, 0.05) is 24.3 Å². The molecule has 0 radical (unpaired) electrons. The van der Waals surface area contributed by atoms with Crippen molar-refractivity contribution in [2.75, 3.05) is 13.1 Å². The molecule has 1 unspecified atom stereocenters. The summed E-state index contributed by atoms with van der Waals surface area (Å²) in [5.41, 5.74) is 0.929. The monoisotopic (exact) mass is 467 g/mol. The van der Waals surface area contributed by atoms with Gasteiger partial charge in [0.15, 0.2) is 5.69 Å². The summed E-state index contributed by atoms with van der Waals surface area (Å²) in [6.45, 7) is 6.65. The lowest BCUT2D eigenvalue weighted by molar-refractivity contribution is -0.0768. The summed E-state index contributed by atoms with van der Waals surface area (Å²) in [6, 6.07) is 7.41. The van der Waals surface area contributed by atoms with Crippen LogP contribution in [0.25, 0.3) is 0 Å². The smallest absolute Gasteiger partial charge is 0.407 e. The molecule has 0 aliphatic carbocycles. The average molecular weight is 468 g/mol. The van der Waals surface area contributed by atoms with Crippen molar-refractivity contribution < 1.29 is 14.6 Å². The van der Waals surface area contributed by atoms with E-state index in [1.807, 2.05) is 32.9 Å². The molecule has 2 heterocycles. The molecule has 30 heavy (non-hydrogen) atoms. The summed E-state index contributed by atoms with van der Waals surface area (Å²) < 4.78 is 6.56. The first-order valence-electron chi connectivity index (χ1n) is 9.51. The van der Waals surface area contributed by atoms with Gasteiger partial charge < -0.3 is 14.7 Å². The molecule has 1 aliphatic rings. The van der Waals surface area contributed by atoms with Crippen molar-refractivity contribution in [2.24, 2.45) is 11.3 Å². The topological polar surface area (TPSA) is 86.5 Å². The number of halogens is 2. The Morgan fingerprint density at radius 2 is 2.10 bits per heavy atom.